The molecule has 3 N–H and O–H groups in total. The van der Waals surface area contributed by atoms with E-state index in [0.717, 1.165) is 30.2 Å². The summed E-state index contributed by atoms with van der Waals surface area (Å²) < 4.78 is 7.05. The molecule has 0 saturated carbocycles. The van der Waals surface area contributed by atoms with Gasteiger partial charge in [0, 0.05) is 13.7 Å². The van der Waals surface area contributed by atoms with Gasteiger partial charge in [-0.25, -0.2) is 4.68 Å². The largest absolute Gasteiger partial charge is 0.394 e. The van der Waals surface area contributed by atoms with Gasteiger partial charge in [0.25, 0.3) is 0 Å². The molecule has 0 aliphatic heterocycles. The molecule has 0 spiro atoms. The number of hydrogen-bond acceptors (Lipinski definition) is 4. The molecule has 1 aromatic heterocycles. The fraction of sp³-hybridized carbons (Fsp3) is 0.727. The fourth-order valence-corrected chi connectivity index (χ4v) is 1.63. The number of rotatable bonds is 6. The minimum absolute atomic E-state index is 0.272. The van der Waals surface area contributed by atoms with Gasteiger partial charge in [0.15, 0.2) is 0 Å². The van der Waals surface area contributed by atoms with Crippen molar-refractivity contribution in [3.63, 3.8) is 0 Å². The number of nitrogens with two attached hydrogens (primary N) is 1. The lowest BCUT2D eigenvalue weighted by Gasteiger charge is -2.18. The second-order valence-corrected chi connectivity index (χ2v) is 3.87. The summed E-state index contributed by atoms with van der Waals surface area (Å²) in [4.78, 5) is 0. The molecule has 5 heteroatoms. The minimum Gasteiger partial charge on any atom is -0.394 e. The topological polar surface area (TPSA) is 65.1 Å². The van der Waals surface area contributed by atoms with Gasteiger partial charge in [0.05, 0.1) is 24.0 Å². The Kier molecular flexibility index (Phi) is 4.61. The average molecular weight is 226 g/mol. The number of nitrogen functional groups attached to an aromatic ring is 1. The molecule has 1 unspecified atom stereocenters. The first kappa shape index (κ1) is 12.8. The standard InChI is InChI=1S/C11H22N4O/c1-5-9(7-16-4)13-11-10(12)8(3)14-15(11)6-2/h9,13H,5-7,12H2,1-4H3. The van der Waals surface area contributed by atoms with Gasteiger partial charge in [-0.1, -0.05) is 6.92 Å². The Morgan fingerprint density at radius 2 is 2.19 bits per heavy atom. The van der Waals surface area contributed by atoms with Crippen LogP contribution in [0.4, 0.5) is 11.5 Å². The zero-order valence-electron chi connectivity index (χ0n) is 10.6. The Balaban J connectivity index is 2.85. The van der Waals surface area contributed by atoms with Gasteiger partial charge in [0.2, 0.25) is 0 Å². The first-order valence-electron chi connectivity index (χ1n) is 5.72. The molecule has 1 atom stereocenters. The number of aromatic nitrogens is 2. The average Bonchev–Trinajstić information content (AvgIpc) is 2.55. The maximum atomic E-state index is 5.99. The van der Waals surface area contributed by atoms with Crippen molar-refractivity contribution < 1.29 is 4.74 Å². The molecule has 5 nitrogen and oxygen atoms in total. The Hall–Kier alpha value is -1.23. The summed E-state index contributed by atoms with van der Waals surface area (Å²) in [5.74, 6) is 0.906. The SMILES string of the molecule is CCC(COC)Nc1c(N)c(C)nn1CC. The third kappa shape index (κ3) is 2.66. The number of nitrogens with one attached hydrogen (secondary N) is 1. The summed E-state index contributed by atoms with van der Waals surface area (Å²) in [5.41, 5.74) is 7.60. The van der Waals surface area contributed by atoms with E-state index in [1.165, 1.54) is 0 Å². The van der Waals surface area contributed by atoms with Gasteiger partial charge >= 0.3 is 0 Å². The first-order valence-corrected chi connectivity index (χ1v) is 5.72. The highest BCUT2D eigenvalue weighted by atomic mass is 16.5. The van der Waals surface area contributed by atoms with E-state index in [0.29, 0.717) is 6.61 Å². The van der Waals surface area contributed by atoms with Crippen LogP contribution in [0.15, 0.2) is 0 Å². The predicted octanol–water partition coefficient (Wildman–Crippen LogP) is 1.63. The number of ether oxygens (including phenoxy) is 1. The lowest BCUT2D eigenvalue weighted by molar-refractivity contribution is 0.184. The molecular formula is C11H22N4O. The Morgan fingerprint density at radius 3 is 2.69 bits per heavy atom. The normalized spacial score (nSPS) is 12.8. The predicted molar refractivity (Wildman–Crippen MR) is 66.6 cm³/mol. The number of methoxy groups -OCH3 is 1. The van der Waals surface area contributed by atoms with Crippen molar-refractivity contribution in [2.24, 2.45) is 0 Å². The van der Waals surface area contributed by atoms with Crippen LogP contribution in [-0.4, -0.2) is 29.5 Å². The molecule has 1 aromatic rings. The van der Waals surface area contributed by atoms with Crippen molar-refractivity contribution in [3.05, 3.63) is 5.69 Å². The van der Waals surface area contributed by atoms with Gasteiger partial charge in [-0.15, -0.1) is 0 Å². The molecule has 0 saturated heterocycles. The maximum absolute atomic E-state index is 5.99. The van der Waals surface area contributed by atoms with Gasteiger partial charge < -0.3 is 15.8 Å². The summed E-state index contributed by atoms with van der Waals surface area (Å²) in [5, 5.41) is 7.75. The summed E-state index contributed by atoms with van der Waals surface area (Å²) in [7, 11) is 1.70. The highest BCUT2D eigenvalue weighted by Crippen LogP contribution is 2.23. The molecule has 92 valence electrons. The van der Waals surface area contributed by atoms with Gasteiger partial charge in [-0.05, 0) is 20.3 Å². The van der Waals surface area contributed by atoms with Crippen molar-refractivity contribution in [1.29, 1.82) is 0 Å². The molecule has 0 aliphatic carbocycles. The number of anilines is 2. The minimum atomic E-state index is 0.272. The quantitative estimate of drug-likeness (QED) is 0.773. The van der Waals surface area contributed by atoms with Crippen LogP contribution >= 0.6 is 0 Å². The van der Waals surface area contributed by atoms with E-state index in [2.05, 4.69) is 17.3 Å². The highest BCUT2D eigenvalue weighted by molar-refractivity contribution is 5.65. The molecule has 0 amide bonds. The van der Waals surface area contributed by atoms with E-state index in [4.69, 9.17) is 10.5 Å². The van der Waals surface area contributed by atoms with Crippen LogP contribution < -0.4 is 11.1 Å². The monoisotopic (exact) mass is 226 g/mol. The number of aryl methyl sites for hydroxylation is 2. The van der Waals surface area contributed by atoms with Gasteiger partial charge in [0.1, 0.15) is 5.82 Å². The van der Waals surface area contributed by atoms with Crippen LogP contribution in [-0.2, 0) is 11.3 Å². The van der Waals surface area contributed by atoms with E-state index in [1.54, 1.807) is 7.11 Å². The maximum Gasteiger partial charge on any atom is 0.148 e. The molecule has 0 bridgehead atoms. The van der Waals surface area contributed by atoms with E-state index in [1.807, 2.05) is 18.5 Å². The van der Waals surface area contributed by atoms with E-state index < -0.39 is 0 Å². The summed E-state index contributed by atoms with van der Waals surface area (Å²) >= 11 is 0. The van der Waals surface area contributed by atoms with E-state index in [-0.39, 0.29) is 6.04 Å². The van der Waals surface area contributed by atoms with Crippen LogP contribution in [0.25, 0.3) is 0 Å². The number of nitrogens with zero attached hydrogens (tertiary/aromatic N) is 2. The van der Waals surface area contributed by atoms with E-state index >= 15 is 0 Å². The van der Waals surface area contributed by atoms with Crippen LogP contribution in [0, 0.1) is 6.92 Å². The molecule has 0 aliphatic rings. The third-order valence-electron chi connectivity index (χ3n) is 2.67. The van der Waals surface area contributed by atoms with Gasteiger partial charge in [-0.3, -0.25) is 0 Å². The summed E-state index contributed by atoms with van der Waals surface area (Å²) in [6, 6.07) is 0.272. The molecular weight excluding hydrogens is 204 g/mol. The van der Waals surface area contributed by atoms with Crippen molar-refractivity contribution in [3.8, 4) is 0 Å². The second kappa shape index (κ2) is 5.75. The fourth-order valence-electron chi connectivity index (χ4n) is 1.63. The van der Waals surface area contributed by atoms with Crippen LogP contribution in [0.3, 0.4) is 0 Å². The van der Waals surface area contributed by atoms with Crippen molar-refractivity contribution >= 4 is 11.5 Å². The van der Waals surface area contributed by atoms with Crippen molar-refractivity contribution in [2.75, 3.05) is 24.8 Å². The van der Waals surface area contributed by atoms with Crippen LogP contribution in [0.1, 0.15) is 26.0 Å². The Bertz CT molecular complexity index is 335. The molecule has 1 heterocycles. The highest BCUT2D eigenvalue weighted by Gasteiger charge is 2.14. The number of hydrogen-bond donors (Lipinski definition) is 2. The molecule has 0 radical (unpaired) electrons. The molecule has 16 heavy (non-hydrogen) atoms. The lowest BCUT2D eigenvalue weighted by atomic mass is 10.2. The van der Waals surface area contributed by atoms with Crippen LogP contribution in [0.2, 0.25) is 0 Å². The zero-order chi connectivity index (χ0) is 12.1. The summed E-state index contributed by atoms with van der Waals surface area (Å²) in [6.07, 6.45) is 0.987. The van der Waals surface area contributed by atoms with E-state index in [9.17, 15) is 0 Å². The third-order valence-corrected chi connectivity index (χ3v) is 2.67. The molecule has 0 aromatic carbocycles. The van der Waals surface area contributed by atoms with Crippen molar-refractivity contribution in [1.82, 2.24) is 9.78 Å². The Labute approximate surface area is 97.0 Å². The van der Waals surface area contributed by atoms with Crippen LogP contribution in [0.5, 0.6) is 0 Å². The van der Waals surface area contributed by atoms with Gasteiger partial charge in [-0.2, -0.15) is 5.10 Å². The zero-order valence-corrected chi connectivity index (χ0v) is 10.6. The lowest BCUT2D eigenvalue weighted by Crippen LogP contribution is -2.26. The molecule has 1 rings (SSSR count). The smallest absolute Gasteiger partial charge is 0.148 e. The molecule has 0 fully saturated rings. The second-order valence-electron chi connectivity index (χ2n) is 3.87. The van der Waals surface area contributed by atoms with Crippen molar-refractivity contribution in [2.45, 2.75) is 39.8 Å². The Morgan fingerprint density at radius 1 is 1.50 bits per heavy atom. The first-order chi connectivity index (χ1) is 7.63. The summed E-state index contributed by atoms with van der Waals surface area (Å²) in [6.45, 7) is 7.57.